The van der Waals surface area contributed by atoms with Gasteiger partial charge in [0.25, 0.3) is 0 Å². The van der Waals surface area contributed by atoms with Crippen LogP contribution in [0, 0.1) is 0 Å². The zero-order valence-corrected chi connectivity index (χ0v) is 10.0. The standard InChI is InChI=1S/C11H12BrN3/c1-13-6-10-7-14-11(15-10)8-2-4-9(12)5-3-8/h2-5,7,13H,6H2,1H3,(H,14,15). The molecule has 4 heteroatoms. The number of nitrogens with zero attached hydrogens (tertiary/aromatic N) is 1. The van der Waals surface area contributed by atoms with E-state index in [0.717, 1.165) is 28.1 Å². The first-order chi connectivity index (χ1) is 7.29. The highest BCUT2D eigenvalue weighted by Gasteiger charge is 2.02. The molecule has 2 rings (SSSR count). The summed E-state index contributed by atoms with van der Waals surface area (Å²) in [5.41, 5.74) is 2.19. The van der Waals surface area contributed by atoms with Gasteiger partial charge in [-0.15, -0.1) is 0 Å². The molecule has 0 saturated heterocycles. The third-order valence-electron chi connectivity index (χ3n) is 2.11. The Labute approximate surface area is 97.1 Å². The van der Waals surface area contributed by atoms with Gasteiger partial charge in [0.1, 0.15) is 5.82 Å². The van der Waals surface area contributed by atoms with E-state index in [1.54, 1.807) is 0 Å². The number of aromatic amines is 1. The van der Waals surface area contributed by atoms with Crippen LogP contribution in [-0.2, 0) is 6.54 Å². The predicted octanol–water partition coefficient (Wildman–Crippen LogP) is 2.56. The third-order valence-corrected chi connectivity index (χ3v) is 2.64. The topological polar surface area (TPSA) is 40.7 Å². The minimum absolute atomic E-state index is 0.809. The molecule has 0 fully saturated rings. The summed E-state index contributed by atoms with van der Waals surface area (Å²) in [4.78, 5) is 7.58. The summed E-state index contributed by atoms with van der Waals surface area (Å²) >= 11 is 3.41. The van der Waals surface area contributed by atoms with E-state index in [-0.39, 0.29) is 0 Å². The average Bonchev–Trinajstić information content (AvgIpc) is 2.68. The molecule has 0 spiro atoms. The summed E-state index contributed by atoms with van der Waals surface area (Å²) in [7, 11) is 1.92. The zero-order valence-electron chi connectivity index (χ0n) is 8.42. The Kier molecular flexibility index (Phi) is 3.18. The van der Waals surface area contributed by atoms with Crippen LogP contribution in [0.25, 0.3) is 11.4 Å². The van der Waals surface area contributed by atoms with Crippen LogP contribution in [-0.4, -0.2) is 17.0 Å². The second-order valence-electron chi connectivity index (χ2n) is 3.29. The minimum atomic E-state index is 0.809. The normalized spacial score (nSPS) is 10.5. The first-order valence-electron chi connectivity index (χ1n) is 4.74. The lowest BCUT2D eigenvalue weighted by Gasteiger charge is -1.97. The molecule has 0 amide bonds. The zero-order chi connectivity index (χ0) is 10.7. The van der Waals surface area contributed by atoms with E-state index in [1.165, 1.54) is 0 Å². The number of aromatic nitrogens is 2. The van der Waals surface area contributed by atoms with Crippen molar-refractivity contribution < 1.29 is 0 Å². The Morgan fingerprint density at radius 3 is 2.73 bits per heavy atom. The van der Waals surface area contributed by atoms with E-state index in [2.05, 4.69) is 31.2 Å². The Hall–Kier alpha value is -1.13. The van der Waals surface area contributed by atoms with Crippen LogP contribution in [0.5, 0.6) is 0 Å². The van der Waals surface area contributed by atoms with E-state index in [9.17, 15) is 0 Å². The fourth-order valence-corrected chi connectivity index (χ4v) is 1.66. The molecular weight excluding hydrogens is 254 g/mol. The lowest BCUT2D eigenvalue weighted by atomic mass is 10.2. The molecule has 0 aliphatic heterocycles. The summed E-state index contributed by atoms with van der Waals surface area (Å²) in [6, 6.07) is 8.09. The van der Waals surface area contributed by atoms with Crippen molar-refractivity contribution in [3.05, 3.63) is 40.6 Å². The van der Waals surface area contributed by atoms with Crippen molar-refractivity contribution in [2.24, 2.45) is 0 Å². The van der Waals surface area contributed by atoms with Gasteiger partial charge in [-0.2, -0.15) is 0 Å². The summed E-state index contributed by atoms with van der Waals surface area (Å²) in [5.74, 6) is 0.910. The number of rotatable bonds is 3. The minimum Gasteiger partial charge on any atom is -0.341 e. The highest BCUT2D eigenvalue weighted by Crippen LogP contribution is 2.18. The number of H-pyrrole nitrogens is 1. The second-order valence-corrected chi connectivity index (χ2v) is 4.21. The molecule has 1 heterocycles. The summed E-state index contributed by atoms with van der Waals surface area (Å²) in [6.07, 6.45) is 1.86. The molecule has 0 bridgehead atoms. The first kappa shape index (κ1) is 10.4. The second kappa shape index (κ2) is 4.59. The number of benzene rings is 1. The van der Waals surface area contributed by atoms with Gasteiger partial charge >= 0.3 is 0 Å². The van der Waals surface area contributed by atoms with Crippen LogP contribution in [0.2, 0.25) is 0 Å². The maximum absolute atomic E-state index is 4.32. The molecule has 3 nitrogen and oxygen atoms in total. The van der Waals surface area contributed by atoms with E-state index >= 15 is 0 Å². The van der Waals surface area contributed by atoms with Gasteiger partial charge in [-0.1, -0.05) is 28.1 Å². The van der Waals surface area contributed by atoms with Gasteiger partial charge in [0, 0.05) is 28.5 Å². The SMILES string of the molecule is CNCc1cnc(-c2ccc(Br)cc2)[nH]1. The molecule has 2 N–H and O–H groups in total. The maximum Gasteiger partial charge on any atom is 0.137 e. The van der Waals surface area contributed by atoms with Gasteiger partial charge in [0.2, 0.25) is 0 Å². The Morgan fingerprint density at radius 1 is 1.33 bits per heavy atom. The van der Waals surface area contributed by atoms with Crippen LogP contribution < -0.4 is 5.32 Å². The van der Waals surface area contributed by atoms with Crippen molar-refractivity contribution in [3.8, 4) is 11.4 Å². The Balaban J connectivity index is 2.25. The van der Waals surface area contributed by atoms with Gasteiger partial charge in [-0.25, -0.2) is 4.98 Å². The molecule has 0 unspecified atom stereocenters. The van der Waals surface area contributed by atoms with Gasteiger partial charge in [-0.05, 0) is 19.2 Å². The van der Waals surface area contributed by atoms with Gasteiger partial charge < -0.3 is 10.3 Å². The van der Waals surface area contributed by atoms with E-state index in [1.807, 2.05) is 37.5 Å². The van der Waals surface area contributed by atoms with Crippen molar-refractivity contribution in [1.82, 2.24) is 15.3 Å². The van der Waals surface area contributed by atoms with Crippen molar-refractivity contribution in [2.75, 3.05) is 7.05 Å². The van der Waals surface area contributed by atoms with Crippen LogP contribution in [0.3, 0.4) is 0 Å². The Bertz CT molecular complexity index is 433. The smallest absolute Gasteiger partial charge is 0.137 e. The number of hydrogen-bond acceptors (Lipinski definition) is 2. The third kappa shape index (κ3) is 2.46. The summed E-state index contributed by atoms with van der Waals surface area (Å²) in [5, 5.41) is 3.08. The fourth-order valence-electron chi connectivity index (χ4n) is 1.39. The van der Waals surface area contributed by atoms with Crippen LogP contribution >= 0.6 is 15.9 Å². The molecule has 1 aromatic heterocycles. The molecular formula is C11H12BrN3. The number of halogens is 1. The molecule has 0 saturated carbocycles. The molecule has 15 heavy (non-hydrogen) atoms. The lowest BCUT2D eigenvalue weighted by molar-refractivity contribution is 0.797. The van der Waals surface area contributed by atoms with E-state index in [0.29, 0.717) is 0 Å². The fraction of sp³-hybridized carbons (Fsp3) is 0.182. The quantitative estimate of drug-likeness (QED) is 0.896. The largest absolute Gasteiger partial charge is 0.341 e. The van der Waals surface area contributed by atoms with Gasteiger partial charge in [0.15, 0.2) is 0 Å². The molecule has 0 aliphatic carbocycles. The van der Waals surface area contributed by atoms with Crippen LogP contribution in [0.1, 0.15) is 5.69 Å². The maximum atomic E-state index is 4.32. The molecule has 2 aromatic rings. The highest BCUT2D eigenvalue weighted by atomic mass is 79.9. The monoisotopic (exact) mass is 265 g/mol. The molecule has 78 valence electrons. The number of hydrogen-bond donors (Lipinski definition) is 2. The number of nitrogens with one attached hydrogen (secondary N) is 2. The van der Waals surface area contributed by atoms with E-state index < -0.39 is 0 Å². The van der Waals surface area contributed by atoms with Crippen LogP contribution in [0.15, 0.2) is 34.9 Å². The Morgan fingerprint density at radius 2 is 2.07 bits per heavy atom. The van der Waals surface area contributed by atoms with Crippen molar-refractivity contribution in [1.29, 1.82) is 0 Å². The summed E-state index contributed by atoms with van der Waals surface area (Å²) < 4.78 is 1.08. The molecule has 1 aromatic carbocycles. The number of imidazole rings is 1. The summed E-state index contributed by atoms with van der Waals surface area (Å²) in [6.45, 7) is 0.809. The van der Waals surface area contributed by atoms with Crippen molar-refractivity contribution >= 4 is 15.9 Å². The highest BCUT2D eigenvalue weighted by molar-refractivity contribution is 9.10. The van der Waals surface area contributed by atoms with Crippen LogP contribution in [0.4, 0.5) is 0 Å². The van der Waals surface area contributed by atoms with Gasteiger partial charge in [0.05, 0.1) is 0 Å². The average molecular weight is 266 g/mol. The van der Waals surface area contributed by atoms with E-state index in [4.69, 9.17) is 0 Å². The van der Waals surface area contributed by atoms with Gasteiger partial charge in [-0.3, -0.25) is 0 Å². The molecule has 0 aliphatic rings. The lowest BCUT2D eigenvalue weighted by Crippen LogP contribution is -2.04. The predicted molar refractivity (Wildman–Crippen MR) is 64.5 cm³/mol. The van der Waals surface area contributed by atoms with Crippen molar-refractivity contribution in [3.63, 3.8) is 0 Å². The molecule has 0 radical (unpaired) electrons. The van der Waals surface area contributed by atoms with Crippen molar-refractivity contribution in [2.45, 2.75) is 6.54 Å². The molecule has 0 atom stereocenters. The first-order valence-corrected chi connectivity index (χ1v) is 5.53.